The summed E-state index contributed by atoms with van der Waals surface area (Å²) < 4.78 is 5.74. The molecule has 0 fully saturated rings. The molecule has 0 heterocycles. The number of likely N-dealkylation sites (N-methyl/N-ethyl adjacent to an activating group) is 1. The zero-order valence-electron chi connectivity index (χ0n) is 15.1. The molecule has 0 unspecified atom stereocenters. The zero-order chi connectivity index (χ0) is 18.4. The highest BCUT2D eigenvalue weighted by molar-refractivity contribution is 5.93. The summed E-state index contributed by atoms with van der Waals surface area (Å²) in [5.74, 6) is 0.456. The zero-order valence-corrected chi connectivity index (χ0v) is 15.1. The maximum Gasteiger partial charge on any atom is 0.263 e. The third-order valence-electron chi connectivity index (χ3n) is 3.89. The van der Waals surface area contributed by atoms with Gasteiger partial charge >= 0.3 is 0 Å². The summed E-state index contributed by atoms with van der Waals surface area (Å²) in [6.45, 7) is 4.18. The monoisotopic (exact) mass is 340 g/mol. The number of benzene rings is 2. The molecule has 25 heavy (non-hydrogen) atoms. The van der Waals surface area contributed by atoms with Gasteiger partial charge in [-0.05, 0) is 49.2 Å². The normalized spacial score (nSPS) is 11.5. The molecular weight excluding hydrogens is 316 g/mol. The highest BCUT2D eigenvalue weighted by Crippen LogP contribution is 2.15. The van der Waals surface area contributed by atoms with Gasteiger partial charge in [-0.15, -0.1) is 0 Å². The van der Waals surface area contributed by atoms with Crippen LogP contribution < -0.4 is 10.1 Å². The van der Waals surface area contributed by atoms with E-state index in [1.54, 1.807) is 38.1 Å². The Morgan fingerprint density at radius 2 is 1.84 bits per heavy atom. The van der Waals surface area contributed by atoms with Crippen molar-refractivity contribution >= 4 is 11.8 Å². The standard InChI is InChI=1S/C20H24N2O3/c1-14-6-5-7-18(12-14)25-15(2)20(24)22(4)13-16-8-10-17(11-9-16)19(23)21-3/h5-12,15H,13H2,1-4H3,(H,21,23)/t15-/m0/s1. The lowest BCUT2D eigenvalue weighted by atomic mass is 10.1. The summed E-state index contributed by atoms with van der Waals surface area (Å²) in [5, 5.41) is 2.58. The minimum atomic E-state index is -0.572. The SMILES string of the molecule is CNC(=O)c1ccc(CN(C)C(=O)[C@H](C)Oc2cccc(C)c2)cc1. The number of hydrogen-bond acceptors (Lipinski definition) is 3. The smallest absolute Gasteiger partial charge is 0.263 e. The van der Waals surface area contributed by atoms with Gasteiger partial charge in [0.05, 0.1) is 0 Å². The highest BCUT2D eigenvalue weighted by atomic mass is 16.5. The first kappa shape index (κ1) is 18.5. The van der Waals surface area contributed by atoms with Crippen LogP contribution in [0.4, 0.5) is 0 Å². The van der Waals surface area contributed by atoms with Crippen molar-refractivity contribution in [3.63, 3.8) is 0 Å². The number of amides is 2. The summed E-state index contributed by atoms with van der Waals surface area (Å²) in [6, 6.07) is 14.8. The van der Waals surface area contributed by atoms with E-state index >= 15 is 0 Å². The summed E-state index contributed by atoms with van der Waals surface area (Å²) >= 11 is 0. The molecule has 1 atom stereocenters. The Labute approximate surface area is 148 Å². The molecule has 2 rings (SSSR count). The molecule has 2 aromatic carbocycles. The molecular formula is C20H24N2O3. The van der Waals surface area contributed by atoms with Crippen molar-refractivity contribution in [1.82, 2.24) is 10.2 Å². The summed E-state index contributed by atoms with van der Waals surface area (Å²) in [5.41, 5.74) is 2.63. The van der Waals surface area contributed by atoms with Crippen molar-refractivity contribution in [2.45, 2.75) is 26.5 Å². The first-order valence-corrected chi connectivity index (χ1v) is 8.20. The van der Waals surface area contributed by atoms with E-state index < -0.39 is 6.10 Å². The molecule has 0 radical (unpaired) electrons. The molecule has 0 spiro atoms. The highest BCUT2D eigenvalue weighted by Gasteiger charge is 2.19. The number of rotatable bonds is 6. The molecule has 0 bridgehead atoms. The van der Waals surface area contributed by atoms with Crippen LogP contribution >= 0.6 is 0 Å². The van der Waals surface area contributed by atoms with Gasteiger partial charge in [0.1, 0.15) is 5.75 Å². The number of carbonyl (C=O) groups is 2. The van der Waals surface area contributed by atoms with Gasteiger partial charge in [0.2, 0.25) is 0 Å². The minimum absolute atomic E-state index is 0.100. The first-order chi connectivity index (χ1) is 11.9. The van der Waals surface area contributed by atoms with Crippen LogP contribution in [0.1, 0.15) is 28.4 Å². The molecule has 0 saturated heterocycles. The third kappa shape index (κ3) is 5.08. The van der Waals surface area contributed by atoms with Gasteiger partial charge in [-0.25, -0.2) is 0 Å². The van der Waals surface area contributed by atoms with E-state index in [4.69, 9.17) is 4.74 Å². The van der Waals surface area contributed by atoms with Crippen LogP contribution in [-0.2, 0) is 11.3 Å². The van der Waals surface area contributed by atoms with Crippen molar-refractivity contribution in [2.75, 3.05) is 14.1 Å². The third-order valence-corrected chi connectivity index (χ3v) is 3.89. The predicted octanol–water partition coefficient (Wildman–Crippen LogP) is 2.78. The Bertz CT molecular complexity index is 741. The van der Waals surface area contributed by atoms with E-state index in [-0.39, 0.29) is 11.8 Å². The fourth-order valence-electron chi connectivity index (χ4n) is 2.51. The van der Waals surface area contributed by atoms with Gasteiger partial charge in [-0.1, -0.05) is 24.3 Å². The van der Waals surface area contributed by atoms with Crippen LogP contribution in [0.3, 0.4) is 0 Å². The number of aryl methyl sites for hydroxylation is 1. The van der Waals surface area contributed by atoms with E-state index in [1.165, 1.54) is 0 Å². The van der Waals surface area contributed by atoms with Crippen molar-refractivity contribution in [2.24, 2.45) is 0 Å². The fourth-order valence-corrected chi connectivity index (χ4v) is 2.51. The lowest BCUT2D eigenvalue weighted by Crippen LogP contribution is -2.37. The first-order valence-electron chi connectivity index (χ1n) is 8.20. The average molecular weight is 340 g/mol. The molecule has 132 valence electrons. The summed E-state index contributed by atoms with van der Waals surface area (Å²) in [4.78, 5) is 25.7. The van der Waals surface area contributed by atoms with Crippen LogP contribution in [0, 0.1) is 6.92 Å². The van der Waals surface area contributed by atoms with Crippen LogP contribution in [0.2, 0.25) is 0 Å². The predicted molar refractivity (Wildman–Crippen MR) is 97.6 cm³/mol. The van der Waals surface area contributed by atoms with Crippen LogP contribution in [-0.4, -0.2) is 36.9 Å². The van der Waals surface area contributed by atoms with Gasteiger partial charge < -0.3 is 15.0 Å². The van der Waals surface area contributed by atoms with E-state index in [0.29, 0.717) is 17.9 Å². The number of nitrogens with one attached hydrogen (secondary N) is 1. The molecule has 5 nitrogen and oxygen atoms in total. The largest absolute Gasteiger partial charge is 0.481 e. The van der Waals surface area contributed by atoms with E-state index in [1.807, 2.05) is 43.3 Å². The Kier molecular flexibility index (Phi) is 6.17. The maximum atomic E-state index is 12.5. The second-order valence-corrected chi connectivity index (χ2v) is 6.05. The molecule has 2 amide bonds. The molecule has 0 aliphatic heterocycles. The lowest BCUT2D eigenvalue weighted by molar-refractivity contribution is -0.137. The summed E-state index contributed by atoms with van der Waals surface area (Å²) in [6.07, 6.45) is -0.572. The van der Waals surface area contributed by atoms with E-state index in [2.05, 4.69) is 5.32 Å². The molecule has 0 saturated carbocycles. The van der Waals surface area contributed by atoms with Crippen LogP contribution in [0.15, 0.2) is 48.5 Å². The van der Waals surface area contributed by atoms with Gasteiger partial charge in [0.25, 0.3) is 11.8 Å². The minimum Gasteiger partial charge on any atom is -0.481 e. The second kappa shape index (κ2) is 8.33. The van der Waals surface area contributed by atoms with Crippen molar-refractivity contribution in [3.05, 3.63) is 65.2 Å². The molecule has 0 aliphatic carbocycles. The van der Waals surface area contributed by atoms with Gasteiger partial charge in [0.15, 0.2) is 6.10 Å². The second-order valence-electron chi connectivity index (χ2n) is 6.05. The Hall–Kier alpha value is -2.82. The van der Waals surface area contributed by atoms with Gasteiger partial charge in [-0.3, -0.25) is 9.59 Å². The number of nitrogens with zero attached hydrogens (tertiary/aromatic N) is 1. The molecule has 2 aromatic rings. The van der Waals surface area contributed by atoms with Crippen molar-refractivity contribution < 1.29 is 14.3 Å². The van der Waals surface area contributed by atoms with Crippen molar-refractivity contribution in [3.8, 4) is 5.75 Å². The average Bonchev–Trinajstić information content (AvgIpc) is 2.61. The van der Waals surface area contributed by atoms with Crippen LogP contribution in [0.25, 0.3) is 0 Å². The van der Waals surface area contributed by atoms with E-state index in [0.717, 1.165) is 11.1 Å². The molecule has 5 heteroatoms. The van der Waals surface area contributed by atoms with Gasteiger partial charge in [0, 0.05) is 26.2 Å². The molecule has 1 N–H and O–H groups in total. The van der Waals surface area contributed by atoms with Crippen LogP contribution in [0.5, 0.6) is 5.75 Å². The van der Waals surface area contributed by atoms with E-state index in [9.17, 15) is 9.59 Å². The topological polar surface area (TPSA) is 58.6 Å². The fraction of sp³-hybridized carbons (Fsp3) is 0.300. The van der Waals surface area contributed by atoms with Crippen molar-refractivity contribution in [1.29, 1.82) is 0 Å². The number of hydrogen-bond donors (Lipinski definition) is 1. The Balaban J connectivity index is 1.96. The number of ether oxygens (including phenoxy) is 1. The maximum absolute atomic E-state index is 12.5. The van der Waals surface area contributed by atoms with Gasteiger partial charge in [-0.2, -0.15) is 0 Å². The number of carbonyl (C=O) groups excluding carboxylic acids is 2. The lowest BCUT2D eigenvalue weighted by Gasteiger charge is -2.22. The Morgan fingerprint density at radius 3 is 2.44 bits per heavy atom. The quantitative estimate of drug-likeness (QED) is 0.880. The summed E-state index contributed by atoms with van der Waals surface area (Å²) in [7, 11) is 3.34. The Morgan fingerprint density at radius 1 is 1.16 bits per heavy atom. The molecule has 0 aromatic heterocycles. The molecule has 0 aliphatic rings.